The first-order valence-corrected chi connectivity index (χ1v) is 4.50. The van der Waals surface area contributed by atoms with Crippen molar-refractivity contribution in [3.8, 4) is 5.75 Å². The fraction of sp³-hybridized carbons (Fsp3) is 0.400. The number of benzene rings is 1. The van der Waals surface area contributed by atoms with Crippen LogP contribution in [0.5, 0.6) is 5.75 Å². The van der Waals surface area contributed by atoms with Gasteiger partial charge in [-0.25, -0.2) is 0 Å². The smallest absolute Gasteiger partial charge is 0.162 e. The molecule has 0 aromatic heterocycles. The van der Waals surface area contributed by atoms with Gasteiger partial charge in [-0.15, -0.1) is 0 Å². The number of nitrogens with one attached hydrogen (secondary N) is 1. The average molecular weight is 179 g/mol. The number of rotatable bonds is 2. The van der Waals surface area contributed by atoms with Crippen LogP contribution in [0, 0.1) is 0 Å². The van der Waals surface area contributed by atoms with Crippen molar-refractivity contribution in [1.29, 1.82) is 0 Å². The second-order valence-corrected chi connectivity index (χ2v) is 2.90. The SMILES string of the molecule is CCOC1COc2ccccc2N1. The molecule has 3 nitrogen and oxygen atoms in total. The predicted octanol–water partition coefficient (Wildman–Crippen LogP) is 1.85. The van der Waals surface area contributed by atoms with Crippen LogP contribution in [0.25, 0.3) is 0 Å². The summed E-state index contributed by atoms with van der Waals surface area (Å²) in [6.45, 7) is 3.25. The molecule has 1 heterocycles. The fourth-order valence-electron chi connectivity index (χ4n) is 1.38. The molecule has 0 radical (unpaired) electrons. The first kappa shape index (κ1) is 8.38. The first-order valence-electron chi connectivity index (χ1n) is 4.50. The van der Waals surface area contributed by atoms with E-state index in [1.165, 1.54) is 0 Å². The van der Waals surface area contributed by atoms with Gasteiger partial charge >= 0.3 is 0 Å². The zero-order chi connectivity index (χ0) is 9.10. The van der Waals surface area contributed by atoms with Crippen molar-refractivity contribution in [2.45, 2.75) is 13.2 Å². The Bertz CT molecular complexity index is 288. The van der Waals surface area contributed by atoms with Gasteiger partial charge in [0.2, 0.25) is 0 Å². The molecule has 0 amide bonds. The number of hydrogen-bond donors (Lipinski definition) is 1. The Hall–Kier alpha value is -1.22. The maximum absolute atomic E-state index is 5.50. The highest BCUT2D eigenvalue weighted by Gasteiger charge is 2.17. The molecule has 70 valence electrons. The summed E-state index contributed by atoms with van der Waals surface area (Å²) in [6.07, 6.45) is -0.0140. The lowest BCUT2D eigenvalue weighted by molar-refractivity contribution is 0.0398. The number of hydrogen-bond acceptors (Lipinski definition) is 3. The first-order chi connectivity index (χ1) is 6.40. The van der Waals surface area contributed by atoms with E-state index < -0.39 is 0 Å². The van der Waals surface area contributed by atoms with Gasteiger partial charge in [-0.05, 0) is 19.1 Å². The second-order valence-electron chi connectivity index (χ2n) is 2.90. The number of anilines is 1. The van der Waals surface area contributed by atoms with Crippen molar-refractivity contribution < 1.29 is 9.47 Å². The molecule has 1 unspecified atom stereocenters. The molecule has 1 atom stereocenters. The maximum Gasteiger partial charge on any atom is 0.162 e. The lowest BCUT2D eigenvalue weighted by Crippen LogP contribution is -2.33. The van der Waals surface area contributed by atoms with Gasteiger partial charge < -0.3 is 14.8 Å². The molecular formula is C10H13NO2. The van der Waals surface area contributed by atoms with E-state index in [1.54, 1.807) is 0 Å². The van der Waals surface area contributed by atoms with Gasteiger partial charge in [-0.3, -0.25) is 0 Å². The molecule has 1 aliphatic rings. The van der Waals surface area contributed by atoms with E-state index in [2.05, 4.69) is 5.32 Å². The molecule has 1 aromatic carbocycles. The zero-order valence-electron chi connectivity index (χ0n) is 7.62. The highest BCUT2D eigenvalue weighted by Crippen LogP contribution is 2.27. The van der Waals surface area contributed by atoms with Crippen molar-refractivity contribution in [3.63, 3.8) is 0 Å². The van der Waals surface area contributed by atoms with Crippen molar-refractivity contribution in [1.82, 2.24) is 0 Å². The third-order valence-electron chi connectivity index (χ3n) is 1.96. The molecule has 0 saturated heterocycles. The van der Waals surface area contributed by atoms with E-state index in [0.717, 1.165) is 11.4 Å². The quantitative estimate of drug-likeness (QED) is 0.751. The Morgan fingerprint density at radius 1 is 1.54 bits per heavy atom. The van der Waals surface area contributed by atoms with Gasteiger partial charge in [-0.2, -0.15) is 0 Å². The summed E-state index contributed by atoms with van der Waals surface area (Å²) in [6, 6.07) is 7.87. The van der Waals surface area contributed by atoms with Crippen molar-refractivity contribution in [2.24, 2.45) is 0 Å². The van der Waals surface area contributed by atoms with E-state index in [1.807, 2.05) is 31.2 Å². The van der Waals surface area contributed by atoms with Crippen LogP contribution in [0.4, 0.5) is 5.69 Å². The summed E-state index contributed by atoms with van der Waals surface area (Å²) in [5.74, 6) is 0.901. The van der Waals surface area contributed by atoms with Crippen molar-refractivity contribution in [2.75, 3.05) is 18.5 Å². The van der Waals surface area contributed by atoms with Gasteiger partial charge in [0.25, 0.3) is 0 Å². The standard InChI is InChI=1S/C10H13NO2/c1-2-12-10-7-13-9-6-4-3-5-8(9)11-10/h3-6,10-11H,2,7H2,1H3. The summed E-state index contributed by atoms with van der Waals surface area (Å²) in [7, 11) is 0. The van der Waals surface area contributed by atoms with Crippen LogP contribution in [-0.2, 0) is 4.74 Å². The Kier molecular flexibility index (Phi) is 2.36. The third-order valence-corrected chi connectivity index (χ3v) is 1.96. The molecule has 1 aromatic rings. The van der Waals surface area contributed by atoms with Crippen molar-refractivity contribution in [3.05, 3.63) is 24.3 Å². The van der Waals surface area contributed by atoms with Crippen LogP contribution < -0.4 is 10.1 Å². The van der Waals surface area contributed by atoms with Gasteiger partial charge in [0.1, 0.15) is 12.4 Å². The molecular weight excluding hydrogens is 166 g/mol. The van der Waals surface area contributed by atoms with Crippen LogP contribution in [0.1, 0.15) is 6.92 Å². The summed E-state index contributed by atoms with van der Waals surface area (Å²) in [5.41, 5.74) is 1.01. The van der Waals surface area contributed by atoms with Crippen LogP contribution in [0.2, 0.25) is 0 Å². The van der Waals surface area contributed by atoms with Gasteiger partial charge in [0.15, 0.2) is 6.23 Å². The monoisotopic (exact) mass is 179 g/mol. The molecule has 1 N–H and O–H groups in total. The van der Waals surface area contributed by atoms with Gasteiger partial charge in [0, 0.05) is 6.61 Å². The molecule has 0 spiro atoms. The summed E-state index contributed by atoms with van der Waals surface area (Å²) < 4.78 is 10.9. The summed E-state index contributed by atoms with van der Waals surface area (Å²) >= 11 is 0. The normalized spacial score (nSPS) is 19.9. The molecule has 2 rings (SSSR count). The maximum atomic E-state index is 5.50. The molecule has 1 aliphatic heterocycles. The van der Waals surface area contributed by atoms with Gasteiger partial charge in [-0.1, -0.05) is 12.1 Å². The van der Waals surface area contributed by atoms with Crippen LogP contribution in [0.3, 0.4) is 0 Å². The fourth-order valence-corrected chi connectivity index (χ4v) is 1.38. The largest absolute Gasteiger partial charge is 0.487 e. The Morgan fingerprint density at radius 3 is 3.23 bits per heavy atom. The van der Waals surface area contributed by atoms with Crippen LogP contribution in [-0.4, -0.2) is 19.4 Å². The second kappa shape index (κ2) is 3.66. The Labute approximate surface area is 77.7 Å². The van der Waals surface area contributed by atoms with Crippen LogP contribution >= 0.6 is 0 Å². The lowest BCUT2D eigenvalue weighted by Gasteiger charge is -2.26. The number of fused-ring (bicyclic) bond motifs is 1. The predicted molar refractivity (Wildman–Crippen MR) is 51.0 cm³/mol. The summed E-state index contributed by atoms with van der Waals surface area (Å²) in [4.78, 5) is 0. The highest BCUT2D eigenvalue weighted by molar-refractivity contribution is 5.57. The lowest BCUT2D eigenvalue weighted by atomic mass is 10.2. The molecule has 0 aliphatic carbocycles. The minimum atomic E-state index is -0.0140. The minimum absolute atomic E-state index is 0.0140. The molecule has 0 saturated carbocycles. The highest BCUT2D eigenvalue weighted by atomic mass is 16.5. The van der Waals surface area contributed by atoms with Crippen LogP contribution in [0.15, 0.2) is 24.3 Å². The Balaban J connectivity index is 2.11. The summed E-state index contributed by atoms with van der Waals surface area (Å²) in [5, 5.41) is 3.25. The minimum Gasteiger partial charge on any atom is -0.487 e. The van der Waals surface area contributed by atoms with E-state index in [4.69, 9.17) is 9.47 Å². The molecule has 3 heteroatoms. The number of para-hydroxylation sites is 2. The number of ether oxygens (including phenoxy) is 2. The zero-order valence-corrected chi connectivity index (χ0v) is 7.62. The molecule has 13 heavy (non-hydrogen) atoms. The third kappa shape index (κ3) is 1.75. The molecule has 0 fully saturated rings. The van der Waals surface area contributed by atoms with E-state index in [0.29, 0.717) is 13.2 Å². The molecule has 0 bridgehead atoms. The average Bonchev–Trinajstić information content (AvgIpc) is 2.18. The van der Waals surface area contributed by atoms with Gasteiger partial charge in [0.05, 0.1) is 5.69 Å². The van der Waals surface area contributed by atoms with E-state index in [9.17, 15) is 0 Å². The van der Waals surface area contributed by atoms with E-state index in [-0.39, 0.29) is 6.23 Å². The van der Waals surface area contributed by atoms with Crippen molar-refractivity contribution >= 4 is 5.69 Å². The topological polar surface area (TPSA) is 30.5 Å². The Morgan fingerprint density at radius 2 is 2.38 bits per heavy atom. The van der Waals surface area contributed by atoms with E-state index >= 15 is 0 Å².